The highest BCUT2D eigenvalue weighted by atomic mass is 32.2. The van der Waals surface area contributed by atoms with Crippen LogP contribution in [-0.2, 0) is 21.4 Å². The van der Waals surface area contributed by atoms with E-state index in [-0.39, 0.29) is 29.6 Å². The fourth-order valence-corrected chi connectivity index (χ4v) is 4.58. The first-order chi connectivity index (χ1) is 12.6. The molecule has 0 bridgehead atoms. The maximum absolute atomic E-state index is 12.9. The van der Waals surface area contributed by atoms with Gasteiger partial charge in [0.15, 0.2) is 0 Å². The number of hydrogen-bond acceptors (Lipinski definition) is 3. The van der Waals surface area contributed by atoms with Crippen molar-refractivity contribution in [3.63, 3.8) is 0 Å². The number of amides is 1. The van der Waals surface area contributed by atoms with Gasteiger partial charge in [-0.1, -0.05) is 29.8 Å². The molecule has 7 heteroatoms. The first-order valence-electron chi connectivity index (χ1n) is 8.66. The average Bonchev–Trinajstić information content (AvgIpc) is 2.55. The SMILES string of the molecule is Cc1cc(C)c(S(=O)(=O)NCCC(=O)N(C)Cc2ccc(F)cc2)c(C)c1. The van der Waals surface area contributed by atoms with E-state index in [1.54, 1.807) is 33.0 Å². The summed E-state index contributed by atoms with van der Waals surface area (Å²) in [4.78, 5) is 14.0. The van der Waals surface area contributed by atoms with Crippen LogP contribution in [-0.4, -0.2) is 32.8 Å². The third-order valence-electron chi connectivity index (χ3n) is 4.26. The van der Waals surface area contributed by atoms with Gasteiger partial charge in [0.2, 0.25) is 15.9 Å². The quantitative estimate of drug-likeness (QED) is 0.787. The second kappa shape index (κ2) is 8.63. The molecule has 2 rings (SSSR count). The van der Waals surface area contributed by atoms with E-state index in [4.69, 9.17) is 0 Å². The number of nitrogens with one attached hydrogen (secondary N) is 1. The zero-order chi connectivity index (χ0) is 20.2. The summed E-state index contributed by atoms with van der Waals surface area (Å²) in [6.07, 6.45) is 0.0425. The number of carbonyl (C=O) groups excluding carboxylic acids is 1. The van der Waals surface area contributed by atoms with Crippen molar-refractivity contribution < 1.29 is 17.6 Å². The number of hydrogen-bond donors (Lipinski definition) is 1. The third-order valence-corrected chi connectivity index (χ3v) is 6.03. The van der Waals surface area contributed by atoms with E-state index in [0.717, 1.165) is 11.1 Å². The lowest BCUT2D eigenvalue weighted by Crippen LogP contribution is -2.32. The molecule has 0 saturated carbocycles. The molecule has 0 aliphatic rings. The Balaban J connectivity index is 1.94. The third kappa shape index (κ3) is 5.61. The molecule has 5 nitrogen and oxygen atoms in total. The molecule has 0 fully saturated rings. The summed E-state index contributed by atoms with van der Waals surface area (Å²) in [6, 6.07) is 9.56. The van der Waals surface area contributed by atoms with Crippen LogP contribution in [0.1, 0.15) is 28.7 Å². The summed E-state index contributed by atoms with van der Waals surface area (Å²) in [5.41, 5.74) is 3.17. The predicted octanol–water partition coefficient (Wildman–Crippen LogP) is 3.08. The molecule has 0 aromatic heterocycles. The number of rotatable bonds is 7. The average molecular weight is 392 g/mol. The Hall–Kier alpha value is -2.25. The molecule has 0 radical (unpaired) electrons. The van der Waals surface area contributed by atoms with E-state index in [9.17, 15) is 17.6 Å². The molecule has 1 amide bonds. The first kappa shape index (κ1) is 21.1. The minimum Gasteiger partial charge on any atom is -0.341 e. The molecule has 146 valence electrons. The summed E-state index contributed by atoms with van der Waals surface area (Å²) in [5.74, 6) is -0.525. The van der Waals surface area contributed by atoms with Crippen LogP contribution >= 0.6 is 0 Å². The number of benzene rings is 2. The van der Waals surface area contributed by atoms with Gasteiger partial charge in [0.05, 0.1) is 4.90 Å². The normalized spacial score (nSPS) is 11.4. The number of carbonyl (C=O) groups is 1. The Morgan fingerprint density at radius 1 is 1.07 bits per heavy atom. The molecule has 27 heavy (non-hydrogen) atoms. The van der Waals surface area contributed by atoms with Gasteiger partial charge >= 0.3 is 0 Å². The Kier molecular flexibility index (Phi) is 6.73. The van der Waals surface area contributed by atoms with E-state index in [0.29, 0.717) is 17.7 Å². The van der Waals surface area contributed by atoms with Crippen molar-refractivity contribution in [2.75, 3.05) is 13.6 Å². The Morgan fingerprint density at radius 3 is 2.19 bits per heavy atom. The van der Waals surface area contributed by atoms with Crippen LogP contribution < -0.4 is 4.72 Å². The number of nitrogens with zero attached hydrogens (tertiary/aromatic N) is 1. The second-order valence-corrected chi connectivity index (χ2v) is 8.46. The Labute approximate surface area is 160 Å². The molecule has 0 spiro atoms. The minimum atomic E-state index is -3.69. The molecule has 0 aliphatic carbocycles. The van der Waals surface area contributed by atoms with Crippen molar-refractivity contribution >= 4 is 15.9 Å². The van der Waals surface area contributed by atoms with Crippen molar-refractivity contribution in [3.8, 4) is 0 Å². The van der Waals surface area contributed by atoms with Crippen molar-refractivity contribution in [3.05, 3.63) is 64.5 Å². The van der Waals surface area contributed by atoms with Gasteiger partial charge < -0.3 is 4.90 Å². The standard InChI is InChI=1S/C20H25FN2O3S/c1-14-11-15(2)20(16(3)12-14)27(25,26)22-10-9-19(24)23(4)13-17-5-7-18(21)8-6-17/h5-8,11-12,22H,9-10,13H2,1-4H3. The van der Waals surface area contributed by atoms with Gasteiger partial charge in [-0.05, 0) is 49.6 Å². The van der Waals surface area contributed by atoms with Crippen LogP contribution in [0.15, 0.2) is 41.3 Å². The molecular weight excluding hydrogens is 367 g/mol. The molecule has 0 aliphatic heterocycles. The Bertz CT molecular complexity index is 902. The highest BCUT2D eigenvalue weighted by Crippen LogP contribution is 2.21. The lowest BCUT2D eigenvalue weighted by atomic mass is 10.1. The lowest BCUT2D eigenvalue weighted by Gasteiger charge is -2.18. The summed E-state index contributed by atoms with van der Waals surface area (Å²) in [5, 5.41) is 0. The van der Waals surface area contributed by atoms with Crippen LogP contribution in [0.25, 0.3) is 0 Å². The zero-order valence-corrected chi connectivity index (χ0v) is 16.9. The summed E-state index contributed by atoms with van der Waals surface area (Å²) >= 11 is 0. The molecule has 2 aromatic carbocycles. The van der Waals surface area contributed by atoms with E-state index in [1.807, 2.05) is 19.1 Å². The molecule has 0 heterocycles. The van der Waals surface area contributed by atoms with Crippen molar-refractivity contribution in [1.82, 2.24) is 9.62 Å². The Morgan fingerprint density at radius 2 is 1.63 bits per heavy atom. The molecular formula is C20H25FN2O3S. The van der Waals surface area contributed by atoms with E-state index in [2.05, 4.69) is 4.72 Å². The topological polar surface area (TPSA) is 66.5 Å². The van der Waals surface area contributed by atoms with Gasteiger partial charge in [-0.2, -0.15) is 0 Å². The van der Waals surface area contributed by atoms with Crippen LogP contribution in [0.2, 0.25) is 0 Å². The van der Waals surface area contributed by atoms with Crippen LogP contribution in [0.5, 0.6) is 0 Å². The van der Waals surface area contributed by atoms with Crippen molar-refractivity contribution in [2.45, 2.75) is 38.6 Å². The number of halogens is 1. The number of sulfonamides is 1. The highest BCUT2D eigenvalue weighted by Gasteiger charge is 2.20. The monoisotopic (exact) mass is 392 g/mol. The largest absolute Gasteiger partial charge is 0.341 e. The smallest absolute Gasteiger partial charge is 0.241 e. The zero-order valence-electron chi connectivity index (χ0n) is 16.0. The van der Waals surface area contributed by atoms with E-state index < -0.39 is 10.0 Å². The molecule has 0 atom stereocenters. The van der Waals surface area contributed by atoms with Crippen LogP contribution in [0.4, 0.5) is 4.39 Å². The van der Waals surface area contributed by atoms with E-state index in [1.165, 1.54) is 17.0 Å². The maximum atomic E-state index is 12.9. The summed E-state index contributed by atoms with van der Waals surface area (Å²) < 4.78 is 40.6. The molecule has 0 saturated heterocycles. The van der Waals surface area contributed by atoms with Gasteiger partial charge in [0.1, 0.15) is 5.82 Å². The van der Waals surface area contributed by atoms with Gasteiger partial charge in [0.25, 0.3) is 0 Å². The molecule has 0 unspecified atom stereocenters. The second-order valence-electron chi connectivity index (χ2n) is 6.75. The van der Waals surface area contributed by atoms with E-state index >= 15 is 0 Å². The van der Waals surface area contributed by atoms with Crippen LogP contribution in [0, 0.1) is 26.6 Å². The highest BCUT2D eigenvalue weighted by molar-refractivity contribution is 7.89. The fourth-order valence-electron chi connectivity index (χ4n) is 3.10. The summed E-state index contributed by atoms with van der Waals surface area (Å²) in [6.45, 7) is 5.79. The van der Waals surface area contributed by atoms with Crippen molar-refractivity contribution in [1.29, 1.82) is 0 Å². The van der Waals surface area contributed by atoms with Gasteiger partial charge in [-0.15, -0.1) is 0 Å². The summed E-state index contributed by atoms with van der Waals surface area (Å²) in [7, 11) is -2.05. The van der Waals surface area contributed by atoms with Gasteiger partial charge in [-0.25, -0.2) is 17.5 Å². The first-order valence-corrected chi connectivity index (χ1v) is 10.1. The van der Waals surface area contributed by atoms with Gasteiger partial charge in [0, 0.05) is 26.6 Å². The molecule has 2 aromatic rings. The van der Waals surface area contributed by atoms with Crippen LogP contribution in [0.3, 0.4) is 0 Å². The van der Waals surface area contributed by atoms with Gasteiger partial charge in [-0.3, -0.25) is 4.79 Å². The molecule has 1 N–H and O–H groups in total. The number of aryl methyl sites for hydroxylation is 3. The minimum absolute atomic E-state index is 0.0156. The van der Waals surface area contributed by atoms with Crippen molar-refractivity contribution in [2.24, 2.45) is 0 Å². The fraction of sp³-hybridized carbons (Fsp3) is 0.350. The lowest BCUT2D eigenvalue weighted by molar-refractivity contribution is -0.130. The predicted molar refractivity (Wildman–Crippen MR) is 103 cm³/mol. The maximum Gasteiger partial charge on any atom is 0.241 e.